The second-order valence-electron chi connectivity index (χ2n) is 8.22. The Balaban J connectivity index is 1.64. The van der Waals surface area contributed by atoms with Gasteiger partial charge in [-0.1, -0.05) is 0 Å². The van der Waals surface area contributed by atoms with Crippen LogP contribution >= 0.6 is 11.3 Å². The van der Waals surface area contributed by atoms with E-state index >= 15 is 0 Å². The molecule has 6 heterocycles. The van der Waals surface area contributed by atoms with Crippen molar-refractivity contribution in [3.63, 3.8) is 0 Å². The molecule has 0 spiro atoms. The molecule has 0 aliphatic carbocycles. The molecular weight excluding hydrogens is 422 g/mol. The average molecular weight is 446 g/mol. The molecule has 1 aliphatic heterocycles. The highest BCUT2D eigenvalue weighted by molar-refractivity contribution is 7.18. The first-order valence-electron chi connectivity index (χ1n) is 10.7. The molecule has 32 heavy (non-hydrogen) atoms. The molecule has 0 radical (unpaired) electrons. The summed E-state index contributed by atoms with van der Waals surface area (Å²) in [5.74, 6) is 1.68. The number of H-pyrrole nitrogens is 1. The summed E-state index contributed by atoms with van der Waals surface area (Å²) in [4.78, 5) is 20.2. The first-order chi connectivity index (χ1) is 15.6. The SMILES string of the molecule is Cc1nn(C)cc1-c1csc2c(N3CCOC[C@H]3C)nc(-c3ccnc4[nH]ccc34)nc12. The van der Waals surface area contributed by atoms with Gasteiger partial charge in [0.1, 0.15) is 5.65 Å². The third-order valence-electron chi connectivity index (χ3n) is 6.04. The van der Waals surface area contributed by atoms with Gasteiger partial charge in [-0.3, -0.25) is 4.68 Å². The van der Waals surface area contributed by atoms with E-state index in [-0.39, 0.29) is 6.04 Å². The van der Waals surface area contributed by atoms with Crippen LogP contribution in [-0.2, 0) is 11.8 Å². The number of pyridine rings is 1. The standard InChI is InChI=1S/C23H23N7OS/c1-13-11-31-9-8-30(13)23-20-19(18(12-32-20)17-10-29(3)28-14(17)2)26-22(27-23)16-5-7-25-21-15(16)4-6-24-21/h4-7,10,12-13H,8-9,11H2,1-3H3,(H,24,25)/t13-/m1/s1. The monoisotopic (exact) mass is 445 g/mol. The largest absolute Gasteiger partial charge is 0.377 e. The van der Waals surface area contributed by atoms with Crippen LogP contribution in [0.2, 0.25) is 0 Å². The van der Waals surface area contributed by atoms with Crippen LogP contribution in [0.1, 0.15) is 12.6 Å². The van der Waals surface area contributed by atoms with E-state index in [1.54, 1.807) is 17.5 Å². The summed E-state index contributed by atoms with van der Waals surface area (Å²) in [5, 5.41) is 7.75. The molecule has 1 fully saturated rings. The number of morpholine rings is 1. The van der Waals surface area contributed by atoms with E-state index in [9.17, 15) is 0 Å². The van der Waals surface area contributed by atoms with Crippen molar-refractivity contribution < 1.29 is 4.74 Å². The summed E-state index contributed by atoms with van der Waals surface area (Å²) in [6, 6.07) is 4.26. The van der Waals surface area contributed by atoms with Crippen molar-refractivity contribution in [2.24, 2.45) is 7.05 Å². The predicted molar refractivity (Wildman–Crippen MR) is 127 cm³/mol. The quantitative estimate of drug-likeness (QED) is 0.449. The van der Waals surface area contributed by atoms with Crippen LogP contribution in [0.15, 0.2) is 36.1 Å². The van der Waals surface area contributed by atoms with E-state index in [4.69, 9.17) is 14.7 Å². The summed E-state index contributed by atoms with van der Waals surface area (Å²) < 4.78 is 8.65. The Hall–Kier alpha value is -3.30. The van der Waals surface area contributed by atoms with Crippen LogP contribution in [0.25, 0.3) is 43.8 Å². The van der Waals surface area contributed by atoms with E-state index in [2.05, 4.69) is 38.5 Å². The fourth-order valence-corrected chi connectivity index (χ4v) is 5.48. The molecule has 162 valence electrons. The number of anilines is 1. The molecular formula is C23H23N7OS. The maximum Gasteiger partial charge on any atom is 0.163 e. The lowest BCUT2D eigenvalue weighted by atomic mass is 10.1. The van der Waals surface area contributed by atoms with Gasteiger partial charge in [0, 0.05) is 59.6 Å². The second-order valence-corrected chi connectivity index (χ2v) is 9.10. The summed E-state index contributed by atoms with van der Waals surface area (Å²) in [7, 11) is 1.95. The minimum absolute atomic E-state index is 0.241. The minimum Gasteiger partial charge on any atom is -0.377 e. The molecule has 5 aromatic rings. The zero-order valence-electron chi connectivity index (χ0n) is 18.2. The Labute approximate surface area is 188 Å². The van der Waals surface area contributed by atoms with Gasteiger partial charge in [0.25, 0.3) is 0 Å². The van der Waals surface area contributed by atoms with E-state index in [0.29, 0.717) is 19.0 Å². The number of rotatable bonds is 3. The van der Waals surface area contributed by atoms with E-state index in [1.165, 1.54) is 0 Å². The van der Waals surface area contributed by atoms with E-state index in [0.717, 1.165) is 56.0 Å². The van der Waals surface area contributed by atoms with Gasteiger partial charge in [0.05, 0.1) is 35.2 Å². The number of hydrogen-bond acceptors (Lipinski definition) is 7. The molecule has 0 bridgehead atoms. The molecule has 0 unspecified atom stereocenters. The van der Waals surface area contributed by atoms with Gasteiger partial charge in [-0.15, -0.1) is 11.3 Å². The van der Waals surface area contributed by atoms with Crippen molar-refractivity contribution in [3.8, 4) is 22.5 Å². The van der Waals surface area contributed by atoms with Gasteiger partial charge in [0.2, 0.25) is 0 Å². The van der Waals surface area contributed by atoms with E-state index in [1.807, 2.05) is 37.0 Å². The fraction of sp³-hybridized carbons (Fsp3) is 0.304. The van der Waals surface area contributed by atoms with Gasteiger partial charge in [0.15, 0.2) is 11.6 Å². The number of hydrogen-bond donors (Lipinski definition) is 1. The fourth-order valence-electron chi connectivity index (χ4n) is 4.47. The van der Waals surface area contributed by atoms with Crippen molar-refractivity contribution in [1.82, 2.24) is 29.7 Å². The average Bonchev–Trinajstić information content (AvgIpc) is 3.51. The summed E-state index contributed by atoms with van der Waals surface area (Å²) in [5.41, 5.74) is 5.96. The van der Waals surface area contributed by atoms with Crippen LogP contribution in [0, 0.1) is 6.92 Å². The molecule has 1 aliphatic rings. The lowest BCUT2D eigenvalue weighted by Gasteiger charge is -2.34. The number of aromatic nitrogens is 6. The van der Waals surface area contributed by atoms with E-state index < -0.39 is 0 Å². The van der Waals surface area contributed by atoms with Crippen LogP contribution in [0.3, 0.4) is 0 Å². The van der Waals surface area contributed by atoms with Crippen LogP contribution < -0.4 is 4.90 Å². The number of aromatic amines is 1. The lowest BCUT2D eigenvalue weighted by Crippen LogP contribution is -2.44. The molecule has 9 heteroatoms. The molecule has 1 atom stereocenters. The number of fused-ring (bicyclic) bond motifs is 2. The summed E-state index contributed by atoms with van der Waals surface area (Å²) >= 11 is 1.70. The zero-order valence-corrected chi connectivity index (χ0v) is 19.0. The minimum atomic E-state index is 0.241. The van der Waals surface area contributed by atoms with Gasteiger partial charge < -0.3 is 14.6 Å². The summed E-state index contributed by atoms with van der Waals surface area (Å²) in [6.45, 7) is 6.42. The number of nitrogens with zero attached hydrogens (tertiary/aromatic N) is 6. The Kier molecular flexibility index (Phi) is 4.48. The summed E-state index contributed by atoms with van der Waals surface area (Å²) in [6.07, 6.45) is 5.77. The Morgan fingerprint density at radius 2 is 2.09 bits per heavy atom. The van der Waals surface area contributed by atoms with Crippen molar-refractivity contribution in [2.75, 3.05) is 24.7 Å². The second kappa shape index (κ2) is 7.39. The lowest BCUT2D eigenvalue weighted by molar-refractivity contribution is 0.0987. The number of ether oxygens (including phenoxy) is 1. The van der Waals surface area contributed by atoms with Crippen molar-refractivity contribution in [1.29, 1.82) is 0 Å². The normalized spacial score (nSPS) is 17.0. The highest BCUT2D eigenvalue weighted by Crippen LogP contribution is 2.40. The van der Waals surface area contributed by atoms with Crippen molar-refractivity contribution in [3.05, 3.63) is 41.8 Å². The molecule has 6 rings (SSSR count). The molecule has 0 amide bonds. The molecule has 0 aromatic carbocycles. The van der Waals surface area contributed by atoms with Crippen molar-refractivity contribution >= 4 is 38.4 Å². The first kappa shape index (κ1) is 19.4. The predicted octanol–water partition coefficient (Wildman–Crippen LogP) is 4.17. The first-order valence-corrected chi connectivity index (χ1v) is 11.5. The highest BCUT2D eigenvalue weighted by atomic mass is 32.1. The van der Waals surface area contributed by atoms with Crippen LogP contribution in [0.4, 0.5) is 5.82 Å². The Morgan fingerprint density at radius 3 is 2.91 bits per heavy atom. The number of aryl methyl sites for hydroxylation is 2. The zero-order chi connectivity index (χ0) is 21.8. The topological polar surface area (TPSA) is 84.8 Å². The van der Waals surface area contributed by atoms with Gasteiger partial charge >= 0.3 is 0 Å². The number of nitrogens with one attached hydrogen (secondary N) is 1. The molecule has 1 saturated heterocycles. The third kappa shape index (κ3) is 3.00. The Morgan fingerprint density at radius 1 is 1.19 bits per heavy atom. The molecule has 8 nitrogen and oxygen atoms in total. The van der Waals surface area contributed by atoms with Crippen LogP contribution in [0.5, 0.6) is 0 Å². The van der Waals surface area contributed by atoms with Gasteiger partial charge in [-0.25, -0.2) is 15.0 Å². The molecule has 5 aromatic heterocycles. The molecule has 0 saturated carbocycles. The third-order valence-corrected chi connectivity index (χ3v) is 7.01. The highest BCUT2D eigenvalue weighted by Gasteiger charge is 2.26. The smallest absolute Gasteiger partial charge is 0.163 e. The molecule has 1 N–H and O–H groups in total. The Bertz CT molecular complexity index is 1450. The van der Waals surface area contributed by atoms with Gasteiger partial charge in [-0.2, -0.15) is 5.10 Å². The van der Waals surface area contributed by atoms with Crippen LogP contribution in [-0.4, -0.2) is 55.5 Å². The number of thiophene rings is 1. The van der Waals surface area contributed by atoms with Crippen molar-refractivity contribution in [2.45, 2.75) is 19.9 Å². The maximum absolute atomic E-state index is 5.70. The van der Waals surface area contributed by atoms with Gasteiger partial charge in [-0.05, 0) is 26.0 Å². The maximum atomic E-state index is 5.70.